The van der Waals surface area contributed by atoms with E-state index in [9.17, 15) is 4.79 Å². The van der Waals surface area contributed by atoms with Gasteiger partial charge in [-0.15, -0.1) is 0 Å². The highest BCUT2D eigenvalue weighted by atomic mass is 16.2. The Labute approximate surface area is 150 Å². The number of imidazole rings is 1. The standard InChI is InChI=1S/C19H31N5O/c1-14(2)24-15-6-7-16(24)12-22(10-8-15)19(25)21-17-4-3-5-18(17)23-11-9-20-13-23/h9,11,13-18H,3-8,10,12H2,1-2H3,(H,21,25)/t15-,16-,17+,18-/m0/s1. The molecule has 0 radical (unpaired) electrons. The van der Waals surface area contributed by atoms with Gasteiger partial charge < -0.3 is 14.8 Å². The number of carbonyl (C=O) groups is 1. The molecule has 1 aliphatic carbocycles. The van der Waals surface area contributed by atoms with Crippen LogP contribution in [0.15, 0.2) is 18.7 Å². The molecule has 3 heterocycles. The van der Waals surface area contributed by atoms with Gasteiger partial charge in [-0.1, -0.05) is 0 Å². The smallest absolute Gasteiger partial charge is 0.317 e. The highest BCUT2D eigenvalue weighted by Gasteiger charge is 2.40. The van der Waals surface area contributed by atoms with Crippen LogP contribution >= 0.6 is 0 Å². The van der Waals surface area contributed by atoms with Crippen molar-refractivity contribution in [1.82, 2.24) is 24.7 Å². The minimum absolute atomic E-state index is 0.133. The van der Waals surface area contributed by atoms with Crippen LogP contribution in [0.25, 0.3) is 0 Å². The van der Waals surface area contributed by atoms with E-state index in [0.717, 1.165) is 32.4 Å². The van der Waals surface area contributed by atoms with E-state index in [1.165, 1.54) is 19.3 Å². The molecule has 2 bridgehead atoms. The fourth-order valence-electron chi connectivity index (χ4n) is 5.32. The number of fused-ring (bicyclic) bond motifs is 2. The first-order valence-electron chi connectivity index (χ1n) is 9.94. The number of urea groups is 1. The maximum Gasteiger partial charge on any atom is 0.317 e. The van der Waals surface area contributed by atoms with Crippen molar-refractivity contribution >= 4 is 6.03 Å². The Bertz CT molecular complexity index is 587. The lowest BCUT2D eigenvalue weighted by atomic mass is 10.1. The monoisotopic (exact) mass is 345 g/mol. The Balaban J connectivity index is 1.40. The molecule has 1 saturated carbocycles. The van der Waals surface area contributed by atoms with E-state index in [1.54, 1.807) is 0 Å². The van der Waals surface area contributed by atoms with Crippen LogP contribution in [0.3, 0.4) is 0 Å². The molecule has 1 N–H and O–H groups in total. The summed E-state index contributed by atoms with van der Waals surface area (Å²) in [6.07, 6.45) is 12.7. The number of aromatic nitrogens is 2. The zero-order valence-electron chi connectivity index (χ0n) is 15.5. The van der Waals surface area contributed by atoms with E-state index in [2.05, 4.69) is 38.5 Å². The molecular weight excluding hydrogens is 314 g/mol. The van der Waals surface area contributed by atoms with Gasteiger partial charge in [0.05, 0.1) is 18.4 Å². The Kier molecular flexibility index (Phi) is 4.71. The van der Waals surface area contributed by atoms with Crippen LogP contribution in [0.4, 0.5) is 4.79 Å². The largest absolute Gasteiger partial charge is 0.333 e. The minimum atomic E-state index is 0.133. The molecule has 3 fully saturated rings. The van der Waals surface area contributed by atoms with E-state index in [0.29, 0.717) is 24.2 Å². The number of nitrogens with zero attached hydrogens (tertiary/aromatic N) is 4. The molecule has 0 spiro atoms. The number of carbonyl (C=O) groups excluding carboxylic acids is 1. The van der Waals surface area contributed by atoms with E-state index in [-0.39, 0.29) is 12.1 Å². The van der Waals surface area contributed by atoms with Crippen molar-refractivity contribution in [2.45, 2.75) is 82.6 Å². The zero-order valence-corrected chi connectivity index (χ0v) is 15.5. The molecule has 6 nitrogen and oxygen atoms in total. The van der Waals surface area contributed by atoms with Crippen LogP contribution in [0.2, 0.25) is 0 Å². The van der Waals surface area contributed by atoms with Gasteiger partial charge in [0.15, 0.2) is 0 Å². The summed E-state index contributed by atoms with van der Waals surface area (Å²) in [5.74, 6) is 0. The first-order chi connectivity index (χ1) is 12.1. The lowest BCUT2D eigenvalue weighted by Crippen LogP contribution is -2.49. The third kappa shape index (κ3) is 3.28. The SMILES string of the molecule is CC(C)N1[C@H]2CC[C@H]1CN(C(=O)N[C@@H]1CCC[C@@H]1n1ccnc1)CC2. The number of amides is 2. The number of hydrogen-bond donors (Lipinski definition) is 1. The fourth-order valence-corrected chi connectivity index (χ4v) is 5.32. The van der Waals surface area contributed by atoms with E-state index in [4.69, 9.17) is 0 Å². The number of likely N-dealkylation sites (tertiary alicyclic amines) is 1. The molecule has 25 heavy (non-hydrogen) atoms. The maximum absolute atomic E-state index is 12.9. The van der Waals surface area contributed by atoms with Crippen LogP contribution in [0, 0.1) is 0 Å². The van der Waals surface area contributed by atoms with Gasteiger partial charge in [0.2, 0.25) is 0 Å². The molecule has 6 heteroatoms. The Morgan fingerprint density at radius 1 is 1.16 bits per heavy atom. The first-order valence-corrected chi connectivity index (χ1v) is 9.94. The van der Waals surface area contributed by atoms with Crippen LogP contribution < -0.4 is 5.32 Å². The van der Waals surface area contributed by atoms with Crippen molar-refractivity contribution in [3.05, 3.63) is 18.7 Å². The molecular formula is C19H31N5O. The van der Waals surface area contributed by atoms with Crippen LogP contribution in [0.1, 0.15) is 58.4 Å². The van der Waals surface area contributed by atoms with Crippen LogP contribution in [0.5, 0.6) is 0 Å². The lowest BCUT2D eigenvalue weighted by molar-refractivity contribution is 0.146. The van der Waals surface area contributed by atoms with Crippen molar-refractivity contribution < 1.29 is 4.79 Å². The van der Waals surface area contributed by atoms with E-state index < -0.39 is 0 Å². The number of rotatable bonds is 3. The van der Waals surface area contributed by atoms with Crippen molar-refractivity contribution in [2.24, 2.45) is 0 Å². The Hall–Kier alpha value is -1.56. The fraction of sp³-hybridized carbons (Fsp3) is 0.789. The summed E-state index contributed by atoms with van der Waals surface area (Å²) in [5, 5.41) is 3.34. The first kappa shape index (κ1) is 16.9. The second-order valence-corrected chi connectivity index (χ2v) is 8.22. The van der Waals surface area contributed by atoms with Crippen molar-refractivity contribution in [3.8, 4) is 0 Å². The molecule has 0 aromatic carbocycles. The normalized spacial score (nSPS) is 33.0. The van der Waals surface area contributed by atoms with Gasteiger partial charge in [0.1, 0.15) is 0 Å². The highest BCUT2D eigenvalue weighted by Crippen LogP contribution is 2.33. The van der Waals surface area contributed by atoms with Gasteiger partial charge in [-0.3, -0.25) is 4.90 Å². The van der Waals surface area contributed by atoms with Crippen molar-refractivity contribution in [1.29, 1.82) is 0 Å². The highest BCUT2D eigenvalue weighted by molar-refractivity contribution is 5.74. The molecule has 0 unspecified atom stereocenters. The second-order valence-electron chi connectivity index (χ2n) is 8.22. The van der Waals surface area contributed by atoms with Gasteiger partial charge >= 0.3 is 6.03 Å². The van der Waals surface area contributed by atoms with Gasteiger partial charge in [-0.2, -0.15) is 0 Å². The second kappa shape index (κ2) is 6.98. The van der Waals surface area contributed by atoms with E-state index in [1.807, 2.05) is 18.7 Å². The molecule has 138 valence electrons. The van der Waals surface area contributed by atoms with Crippen molar-refractivity contribution in [2.75, 3.05) is 13.1 Å². The van der Waals surface area contributed by atoms with E-state index >= 15 is 0 Å². The molecule has 2 aliphatic heterocycles. The van der Waals surface area contributed by atoms with Crippen LogP contribution in [-0.2, 0) is 0 Å². The summed E-state index contributed by atoms with van der Waals surface area (Å²) in [5.41, 5.74) is 0. The molecule has 3 aliphatic rings. The summed E-state index contributed by atoms with van der Waals surface area (Å²) in [6, 6.07) is 2.47. The summed E-state index contributed by atoms with van der Waals surface area (Å²) in [6.45, 7) is 6.34. The average molecular weight is 345 g/mol. The quantitative estimate of drug-likeness (QED) is 0.916. The molecule has 1 aromatic heterocycles. The predicted molar refractivity (Wildman–Crippen MR) is 97.4 cm³/mol. The molecule has 1 aromatic rings. The topological polar surface area (TPSA) is 53.4 Å². The number of nitrogens with one attached hydrogen (secondary N) is 1. The maximum atomic E-state index is 12.9. The average Bonchev–Trinajstić information content (AvgIpc) is 3.26. The third-order valence-electron chi connectivity index (χ3n) is 6.42. The van der Waals surface area contributed by atoms with Gasteiger partial charge in [-0.05, 0) is 52.4 Å². The Morgan fingerprint density at radius 3 is 2.76 bits per heavy atom. The summed E-state index contributed by atoms with van der Waals surface area (Å²) >= 11 is 0. The predicted octanol–water partition coefficient (Wildman–Crippen LogP) is 2.63. The van der Waals surface area contributed by atoms with Crippen LogP contribution in [-0.4, -0.2) is 62.6 Å². The Morgan fingerprint density at radius 2 is 2.00 bits per heavy atom. The molecule has 2 saturated heterocycles. The van der Waals surface area contributed by atoms with Gasteiger partial charge in [0, 0.05) is 43.6 Å². The van der Waals surface area contributed by atoms with Gasteiger partial charge in [0.25, 0.3) is 0 Å². The molecule has 2 amide bonds. The van der Waals surface area contributed by atoms with Crippen molar-refractivity contribution in [3.63, 3.8) is 0 Å². The zero-order chi connectivity index (χ0) is 17.4. The molecule has 4 atom stereocenters. The minimum Gasteiger partial charge on any atom is -0.333 e. The number of hydrogen-bond acceptors (Lipinski definition) is 3. The summed E-state index contributed by atoms with van der Waals surface area (Å²) in [4.78, 5) is 21.8. The molecule has 4 rings (SSSR count). The summed E-state index contributed by atoms with van der Waals surface area (Å²) in [7, 11) is 0. The summed E-state index contributed by atoms with van der Waals surface area (Å²) < 4.78 is 2.16. The van der Waals surface area contributed by atoms with Gasteiger partial charge in [-0.25, -0.2) is 9.78 Å². The third-order valence-corrected chi connectivity index (χ3v) is 6.42. The lowest BCUT2D eigenvalue weighted by Gasteiger charge is -2.32.